The highest BCUT2D eigenvalue weighted by atomic mass is 19.4. The van der Waals surface area contributed by atoms with Gasteiger partial charge in [-0.2, -0.15) is 13.2 Å². The summed E-state index contributed by atoms with van der Waals surface area (Å²) in [5.74, 6) is -1.82. The predicted octanol–water partition coefficient (Wildman–Crippen LogP) is 2.79. The Morgan fingerprint density at radius 3 is 2.00 bits per heavy atom. The van der Waals surface area contributed by atoms with Crippen molar-refractivity contribution in [2.45, 2.75) is 18.6 Å². The molecular formula is C13H10F3NO2. The minimum absolute atomic E-state index is 0.00538. The molecule has 100 valence electrons. The van der Waals surface area contributed by atoms with E-state index in [-0.39, 0.29) is 16.0 Å². The van der Waals surface area contributed by atoms with Gasteiger partial charge >= 0.3 is 6.18 Å². The van der Waals surface area contributed by atoms with E-state index in [2.05, 4.69) is 6.58 Å². The number of rotatable bonds is 3. The van der Waals surface area contributed by atoms with Crippen LogP contribution in [0, 0.1) is 0 Å². The molecule has 0 saturated carbocycles. The number of benzene rings is 1. The molecule has 0 bridgehead atoms. The van der Waals surface area contributed by atoms with E-state index in [4.69, 9.17) is 0 Å². The van der Waals surface area contributed by atoms with Crippen LogP contribution in [0.4, 0.5) is 13.2 Å². The zero-order valence-electron chi connectivity index (χ0n) is 9.78. The first-order valence-electron chi connectivity index (χ1n) is 5.52. The number of amides is 2. The van der Waals surface area contributed by atoms with E-state index in [0.717, 1.165) is 6.08 Å². The lowest BCUT2D eigenvalue weighted by Gasteiger charge is -2.27. The highest BCUT2D eigenvalue weighted by Crippen LogP contribution is 2.33. The van der Waals surface area contributed by atoms with E-state index < -0.39 is 30.5 Å². The van der Waals surface area contributed by atoms with Gasteiger partial charge in [-0.25, -0.2) is 0 Å². The normalized spacial score (nSPS) is 16.5. The molecule has 2 rings (SSSR count). The molecule has 0 spiro atoms. The van der Waals surface area contributed by atoms with Gasteiger partial charge in [0.25, 0.3) is 11.8 Å². The van der Waals surface area contributed by atoms with Crippen LogP contribution in [0.15, 0.2) is 36.9 Å². The first-order valence-corrected chi connectivity index (χ1v) is 5.52. The lowest BCUT2D eigenvalue weighted by Crippen LogP contribution is -2.48. The van der Waals surface area contributed by atoms with E-state index in [0.29, 0.717) is 0 Å². The molecule has 1 aliphatic rings. The summed E-state index contributed by atoms with van der Waals surface area (Å²) in [5, 5.41) is 0. The van der Waals surface area contributed by atoms with Crippen LogP contribution >= 0.6 is 0 Å². The standard InChI is InChI=1S/C13H10F3NO2/c1-2-5-10(13(14,15)16)17-11(18)8-6-3-4-7-9(8)12(17)19/h2-4,6-7,10H,1,5H2. The number of halogens is 3. The van der Waals surface area contributed by atoms with E-state index in [1.54, 1.807) is 0 Å². The van der Waals surface area contributed by atoms with Crippen molar-refractivity contribution in [3.8, 4) is 0 Å². The second-order valence-corrected chi connectivity index (χ2v) is 4.11. The number of carbonyl (C=O) groups excluding carboxylic acids is 2. The second-order valence-electron chi connectivity index (χ2n) is 4.11. The molecule has 2 amide bonds. The maximum atomic E-state index is 12.9. The average Bonchev–Trinajstić information content (AvgIpc) is 2.59. The number of hydrogen-bond donors (Lipinski definition) is 0. The molecule has 1 atom stereocenters. The fraction of sp³-hybridized carbons (Fsp3) is 0.231. The van der Waals surface area contributed by atoms with E-state index in [9.17, 15) is 22.8 Å². The minimum atomic E-state index is -4.68. The maximum absolute atomic E-state index is 12.9. The summed E-state index contributed by atoms with van der Waals surface area (Å²) in [5.41, 5.74) is 0.0108. The lowest BCUT2D eigenvalue weighted by atomic mass is 10.1. The Labute approximate surface area is 107 Å². The molecule has 0 aromatic heterocycles. The molecule has 1 heterocycles. The molecule has 0 saturated heterocycles. The van der Waals surface area contributed by atoms with Gasteiger partial charge in [0.05, 0.1) is 11.1 Å². The first-order chi connectivity index (χ1) is 8.88. The summed E-state index contributed by atoms with van der Waals surface area (Å²) >= 11 is 0. The van der Waals surface area contributed by atoms with E-state index in [1.807, 2.05) is 0 Å². The predicted molar refractivity (Wildman–Crippen MR) is 61.6 cm³/mol. The van der Waals surface area contributed by atoms with Crippen LogP contribution in [-0.2, 0) is 0 Å². The van der Waals surface area contributed by atoms with Crippen molar-refractivity contribution in [2.75, 3.05) is 0 Å². The topological polar surface area (TPSA) is 37.4 Å². The van der Waals surface area contributed by atoms with Crippen molar-refractivity contribution < 1.29 is 22.8 Å². The number of hydrogen-bond acceptors (Lipinski definition) is 2. The van der Waals surface area contributed by atoms with Crippen LogP contribution < -0.4 is 0 Å². The maximum Gasteiger partial charge on any atom is 0.409 e. The van der Waals surface area contributed by atoms with Crippen LogP contribution in [-0.4, -0.2) is 28.9 Å². The summed E-state index contributed by atoms with van der Waals surface area (Å²) < 4.78 is 38.8. The van der Waals surface area contributed by atoms with Crippen LogP contribution in [0.2, 0.25) is 0 Å². The summed E-state index contributed by atoms with van der Waals surface area (Å²) in [6.45, 7) is 3.24. The molecule has 0 radical (unpaired) electrons. The van der Waals surface area contributed by atoms with E-state index >= 15 is 0 Å². The highest BCUT2D eigenvalue weighted by Gasteiger charge is 2.50. The Hall–Kier alpha value is -2.11. The van der Waals surface area contributed by atoms with Crippen molar-refractivity contribution in [3.05, 3.63) is 48.0 Å². The highest BCUT2D eigenvalue weighted by molar-refractivity contribution is 6.21. The number of imide groups is 1. The summed E-state index contributed by atoms with van der Waals surface area (Å²) in [6, 6.07) is 3.53. The molecular weight excluding hydrogens is 259 g/mol. The van der Waals surface area contributed by atoms with Gasteiger partial charge in [0.2, 0.25) is 0 Å². The number of nitrogens with zero attached hydrogens (tertiary/aromatic N) is 1. The quantitative estimate of drug-likeness (QED) is 0.625. The number of alkyl halides is 3. The molecule has 0 fully saturated rings. The number of fused-ring (bicyclic) bond motifs is 1. The third-order valence-electron chi connectivity index (χ3n) is 2.90. The molecule has 1 unspecified atom stereocenters. The van der Waals surface area contributed by atoms with Gasteiger partial charge in [0.15, 0.2) is 0 Å². The van der Waals surface area contributed by atoms with Crippen molar-refractivity contribution in [2.24, 2.45) is 0 Å². The SMILES string of the molecule is C=CCC(N1C(=O)c2ccccc2C1=O)C(F)(F)F. The summed E-state index contributed by atoms with van der Waals surface area (Å²) in [7, 11) is 0. The van der Waals surface area contributed by atoms with Gasteiger partial charge in [-0.1, -0.05) is 18.2 Å². The Kier molecular flexibility index (Phi) is 3.18. The zero-order valence-corrected chi connectivity index (χ0v) is 9.78. The smallest absolute Gasteiger partial charge is 0.269 e. The van der Waals surface area contributed by atoms with Crippen molar-refractivity contribution >= 4 is 11.8 Å². The van der Waals surface area contributed by atoms with Crippen LogP contribution in [0.5, 0.6) is 0 Å². The Balaban J connectivity index is 2.45. The first kappa shape index (κ1) is 13.3. The molecule has 6 heteroatoms. The Morgan fingerprint density at radius 2 is 1.63 bits per heavy atom. The van der Waals surface area contributed by atoms with Gasteiger partial charge in [0, 0.05) is 0 Å². The third kappa shape index (κ3) is 2.14. The van der Waals surface area contributed by atoms with Gasteiger partial charge in [-0.3, -0.25) is 14.5 Å². The monoisotopic (exact) mass is 269 g/mol. The van der Waals surface area contributed by atoms with Crippen LogP contribution in [0.25, 0.3) is 0 Å². The zero-order chi connectivity index (χ0) is 14.2. The van der Waals surface area contributed by atoms with Gasteiger partial charge in [-0.05, 0) is 18.6 Å². The lowest BCUT2D eigenvalue weighted by molar-refractivity contribution is -0.169. The summed E-state index contributed by atoms with van der Waals surface area (Å²) in [4.78, 5) is 24.2. The van der Waals surface area contributed by atoms with Gasteiger partial charge < -0.3 is 0 Å². The Bertz CT molecular complexity index is 516. The molecule has 1 aliphatic heterocycles. The van der Waals surface area contributed by atoms with Gasteiger partial charge in [-0.15, -0.1) is 6.58 Å². The van der Waals surface area contributed by atoms with E-state index in [1.165, 1.54) is 24.3 Å². The number of carbonyl (C=O) groups is 2. The van der Waals surface area contributed by atoms with Crippen molar-refractivity contribution in [1.29, 1.82) is 0 Å². The molecule has 1 aromatic rings. The van der Waals surface area contributed by atoms with Crippen LogP contribution in [0.1, 0.15) is 27.1 Å². The molecule has 3 nitrogen and oxygen atoms in total. The second kappa shape index (κ2) is 4.53. The molecule has 19 heavy (non-hydrogen) atoms. The third-order valence-corrected chi connectivity index (χ3v) is 2.90. The molecule has 1 aromatic carbocycles. The van der Waals surface area contributed by atoms with Crippen LogP contribution in [0.3, 0.4) is 0 Å². The Morgan fingerprint density at radius 1 is 1.16 bits per heavy atom. The molecule has 0 N–H and O–H groups in total. The molecule has 0 aliphatic carbocycles. The largest absolute Gasteiger partial charge is 0.409 e. The minimum Gasteiger partial charge on any atom is -0.269 e. The fourth-order valence-electron chi connectivity index (χ4n) is 2.03. The van der Waals surface area contributed by atoms with Crippen molar-refractivity contribution in [3.63, 3.8) is 0 Å². The summed E-state index contributed by atoms with van der Waals surface area (Å²) in [6.07, 6.45) is -4.15. The van der Waals surface area contributed by atoms with Gasteiger partial charge in [0.1, 0.15) is 6.04 Å². The fourth-order valence-corrected chi connectivity index (χ4v) is 2.03. The average molecular weight is 269 g/mol. The van der Waals surface area contributed by atoms with Crippen molar-refractivity contribution in [1.82, 2.24) is 4.90 Å².